The van der Waals surface area contributed by atoms with Crippen molar-refractivity contribution in [3.05, 3.63) is 29.8 Å². The van der Waals surface area contributed by atoms with Crippen molar-refractivity contribution in [2.75, 3.05) is 14.2 Å². The summed E-state index contributed by atoms with van der Waals surface area (Å²) in [7, 11) is 3.54. The SMILES string of the molecule is CNC(c1cccc(OC)c1)C(C#N)C(C)C. The van der Waals surface area contributed by atoms with Gasteiger partial charge in [-0.1, -0.05) is 26.0 Å². The Bertz CT molecular complexity index is 395. The Balaban J connectivity index is 3.04. The van der Waals surface area contributed by atoms with Crippen LogP contribution in [0.5, 0.6) is 5.75 Å². The second kappa shape index (κ2) is 6.27. The number of rotatable bonds is 5. The van der Waals surface area contributed by atoms with Crippen molar-refractivity contribution in [1.29, 1.82) is 5.26 Å². The van der Waals surface area contributed by atoms with Gasteiger partial charge in [0, 0.05) is 6.04 Å². The van der Waals surface area contributed by atoms with Crippen molar-refractivity contribution in [3.8, 4) is 11.8 Å². The molecule has 3 nitrogen and oxygen atoms in total. The lowest BCUT2D eigenvalue weighted by Gasteiger charge is -2.25. The molecule has 2 unspecified atom stereocenters. The number of ether oxygens (including phenoxy) is 1. The van der Waals surface area contributed by atoms with Crippen LogP contribution in [-0.2, 0) is 0 Å². The largest absolute Gasteiger partial charge is 0.497 e. The van der Waals surface area contributed by atoms with Crippen LogP contribution in [0.2, 0.25) is 0 Å². The zero-order valence-corrected chi connectivity index (χ0v) is 10.9. The second-order valence-electron chi connectivity index (χ2n) is 4.44. The third-order valence-electron chi connectivity index (χ3n) is 2.99. The van der Waals surface area contributed by atoms with Crippen LogP contribution >= 0.6 is 0 Å². The molecular weight excluding hydrogens is 212 g/mol. The van der Waals surface area contributed by atoms with E-state index in [0.717, 1.165) is 11.3 Å². The van der Waals surface area contributed by atoms with Gasteiger partial charge in [0.2, 0.25) is 0 Å². The molecule has 1 aromatic carbocycles. The van der Waals surface area contributed by atoms with E-state index < -0.39 is 0 Å². The van der Waals surface area contributed by atoms with Crippen molar-refractivity contribution in [2.24, 2.45) is 11.8 Å². The fourth-order valence-corrected chi connectivity index (χ4v) is 2.00. The fourth-order valence-electron chi connectivity index (χ4n) is 2.00. The zero-order chi connectivity index (χ0) is 12.8. The van der Waals surface area contributed by atoms with E-state index in [1.54, 1.807) is 7.11 Å². The van der Waals surface area contributed by atoms with Crippen molar-refractivity contribution in [2.45, 2.75) is 19.9 Å². The maximum atomic E-state index is 9.26. The van der Waals surface area contributed by atoms with Crippen molar-refractivity contribution < 1.29 is 4.74 Å². The van der Waals surface area contributed by atoms with Crippen LogP contribution in [0.15, 0.2) is 24.3 Å². The standard InChI is InChI=1S/C14H20N2O/c1-10(2)13(9-15)14(16-3)11-6-5-7-12(8-11)17-4/h5-8,10,13-14,16H,1-4H3. The molecule has 1 N–H and O–H groups in total. The van der Waals surface area contributed by atoms with E-state index in [1.165, 1.54) is 0 Å². The number of hydrogen-bond acceptors (Lipinski definition) is 3. The minimum Gasteiger partial charge on any atom is -0.497 e. The van der Waals surface area contributed by atoms with Gasteiger partial charge in [-0.15, -0.1) is 0 Å². The number of hydrogen-bond donors (Lipinski definition) is 1. The van der Waals surface area contributed by atoms with Gasteiger partial charge in [0.1, 0.15) is 5.75 Å². The van der Waals surface area contributed by atoms with E-state index in [0.29, 0.717) is 5.92 Å². The molecular formula is C14H20N2O. The van der Waals surface area contributed by atoms with Crippen LogP contribution in [0.4, 0.5) is 0 Å². The van der Waals surface area contributed by atoms with Crippen LogP contribution in [0.3, 0.4) is 0 Å². The fraction of sp³-hybridized carbons (Fsp3) is 0.500. The van der Waals surface area contributed by atoms with Gasteiger partial charge in [-0.3, -0.25) is 0 Å². The lowest BCUT2D eigenvalue weighted by Crippen LogP contribution is -2.27. The Hall–Kier alpha value is -1.53. The van der Waals surface area contributed by atoms with Crippen molar-refractivity contribution >= 4 is 0 Å². The number of nitrogens with one attached hydrogen (secondary N) is 1. The molecule has 0 heterocycles. The average molecular weight is 232 g/mol. The van der Waals surface area contributed by atoms with Gasteiger partial charge in [0.05, 0.1) is 19.1 Å². The third kappa shape index (κ3) is 3.21. The predicted molar refractivity (Wildman–Crippen MR) is 68.7 cm³/mol. The van der Waals surface area contributed by atoms with E-state index >= 15 is 0 Å². The molecule has 0 amide bonds. The second-order valence-corrected chi connectivity index (χ2v) is 4.44. The van der Waals surface area contributed by atoms with E-state index in [4.69, 9.17) is 4.74 Å². The Morgan fingerprint density at radius 2 is 2.06 bits per heavy atom. The van der Waals surface area contributed by atoms with Gasteiger partial charge in [-0.05, 0) is 30.7 Å². The number of methoxy groups -OCH3 is 1. The molecule has 0 saturated carbocycles. The summed E-state index contributed by atoms with van der Waals surface area (Å²) in [6.45, 7) is 4.14. The van der Waals surface area contributed by atoms with Gasteiger partial charge in [0.25, 0.3) is 0 Å². The van der Waals surface area contributed by atoms with Crippen molar-refractivity contribution in [1.82, 2.24) is 5.32 Å². The summed E-state index contributed by atoms with van der Waals surface area (Å²) >= 11 is 0. The smallest absolute Gasteiger partial charge is 0.119 e. The zero-order valence-electron chi connectivity index (χ0n) is 10.9. The molecule has 0 aliphatic carbocycles. The Morgan fingerprint density at radius 3 is 2.53 bits per heavy atom. The maximum absolute atomic E-state index is 9.26. The minimum atomic E-state index is -0.0490. The summed E-state index contributed by atoms with van der Waals surface area (Å²) in [4.78, 5) is 0. The molecule has 0 aliphatic heterocycles. The molecule has 2 atom stereocenters. The molecule has 0 aliphatic rings. The Kier molecular flexibility index (Phi) is 4.99. The van der Waals surface area contributed by atoms with Crippen LogP contribution in [0.25, 0.3) is 0 Å². The molecule has 1 rings (SSSR count). The minimum absolute atomic E-state index is 0.0371. The Morgan fingerprint density at radius 1 is 1.35 bits per heavy atom. The summed E-state index contributed by atoms with van der Waals surface area (Å²) in [5.74, 6) is 1.08. The first-order valence-corrected chi connectivity index (χ1v) is 5.84. The normalized spacial score (nSPS) is 14.1. The molecule has 0 aromatic heterocycles. The van der Waals surface area contributed by atoms with E-state index in [1.807, 2.05) is 31.3 Å². The monoisotopic (exact) mass is 232 g/mol. The van der Waals surface area contributed by atoms with Crippen molar-refractivity contribution in [3.63, 3.8) is 0 Å². The highest BCUT2D eigenvalue weighted by molar-refractivity contribution is 5.31. The summed E-state index contributed by atoms with van der Waals surface area (Å²) in [6, 6.07) is 10.3. The van der Waals surface area contributed by atoms with Crippen LogP contribution in [0.1, 0.15) is 25.5 Å². The summed E-state index contributed by atoms with van der Waals surface area (Å²) < 4.78 is 5.21. The predicted octanol–water partition coefficient (Wildman–Crippen LogP) is 2.75. The van der Waals surface area contributed by atoms with Gasteiger partial charge < -0.3 is 10.1 Å². The molecule has 0 fully saturated rings. The average Bonchev–Trinajstić information content (AvgIpc) is 2.35. The van der Waals surface area contributed by atoms with Crippen LogP contribution < -0.4 is 10.1 Å². The molecule has 0 saturated heterocycles. The maximum Gasteiger partial charge on any atom is 0.119 e. The molecule has 17 heavy (non-hydrogen) atoms. The quantitative estimate of drug-likeness (QED) is 0.849. The highest BCUT2D eigenvalue weighted by Gasteiger charge is 2.24. The van der Waals surface area contributed by atoms with Gasteiger partial charge >= 0.3 is 0 Å². The number of nitrogens with zero attached hydrogens (tertiary/aromatic N) is 1. The topological polar surface area (TPSA) is 45.0 Å². The lowest BCUT2D eigenvalue weighted by atomic mass is 9.85. The third-order valence-corrected chi connectivity index (χ3v) is 2.99. The van der Waals surface area contributed by atoms with Gasteiger partial charge in [0.15, 0.2) is 0 Å². The van der Waals surface area contributed by atoms with Gasteiger partial charge in [-0.2, -0.15) is 5.26 Å². The molecule has 92 valence electrons. The summed E-state index contributed by atoms with van der Waals surface area (Å²) in [6.07, 6.45) is 0. The molecule has 0 bridgehead atoms. The van der Waals surface area contributed by atoms with Crippen LogP contribution in [-0.4, -0.2) is 14.2 Å². The first kappa shape index (κ1) is 13.5. The number of benzene rings is 1. The summed E-state index contributed by atoms with van der Waals surface area (Å²) in [5.41, 5.74) is 1.09. The lowest BCUT2D eigenvalue weighted by molar-refractivity contribution is 0.360. The molecule has 3 heteroatoms. The molecule has 0 radical (unpaired) electrons. The highest BCUT2D eigenvalue weighted by Crippen LogP contribution is 2.29. The first-order valence-electron chi connectivity index (χ1n) is 5.84. The van der Waals surface area contributed by atoms with E-state index in [2.05, 4.69) is 25.2 Å². The molecule has 0 spiro atoms. The van der Waals surface area contributed by atoms with E-state index in [9.17, 15) is 5.26 Å². The number of nitriles is 1. The highest BCUT2D eigenvalue weighted by atomic mass is 16.5. The summed E-state index contributed by atoms with van der Waals surface area (Å²) in [5, 5.41) is 12.5. The van der Waals surface area contributed by atoms with Gasteiger partial charge in [-0.25, -0.2) is 0 Å². The van der Waals surface area contributed by atoms with Crippen LogP contribution in [0, 0.1) is 23.2 Å². The first-order chi connectivity index (χ1) is 8.13. The molecule has 1 aromatic rings. The van der Waals surface area contributed by atoms with E-state index in [-0.39, 0.29) is 12.0 Å². The Labute approximate surface area is 103 Å².